The Morgan fingerprint density at radius 3 is 2.54 bits per heavy atom. The van der Waals surface area contributed by atoms with Crippen LogP contribution in [0.5, 0.6) is 0 Å². The average Bonchev–Trinajstić information content (AvgIpc) is 3.15. The number of primary amides is 1. The van der Waals surface area contributed by atoms with E-state index in [1.165, 1.54) is 6.07 Å². The maximum atomic E-state index is 12.4. The molecular weight excluding hydrogens is 357 g/mol. The highest BCUT2D eigenvalue weighted by Crippen LogP contribution is 2.53. The molecule has 1 aliphatic carbocycles. The van der Waals surface area contributed by atoms with Gasteiger partial charge in [0.2, 0.25) is 0 Å². The van der Waals surface area contributed by atoms with Gasteiger partial charge in [0.05, 0.1) is 12.0 Å². The first-order valence-electron chi connectivity index (χ1n) is 7.12. The van der Waals surface area contributed by atoms with E-state index in [0.29, 0.717) is 11.8 Å². The third-order valence-corrected chi connectivity index (χ3v) is 4.71. The van der Waals surface area contributed by atoms with Gasteiger partial charge in [-0.25, -0.2) is 4.68 Å². The zero-order chi connectivity index (χ0) is 17.5. The monoisotopic (exact) mass is 369 g/mol. The highest BCUT2D eigenvalue weighted by atomic mass is 35.5. The van der Waals surface area contributed by atoms with Crippen molar-refractivity contribution in [2.75, 3.05) is 6.61 Å². The fourth-order valence-corrected chi connectivity index (χ4v) is 2.83. The molecule has 1 aliphatic rings. The fraction of sp³-hybridized carbons (Fsp3) is 0.333. The van der Waals surface area contributed by atoms with Crippen molar-refractivity contribution in [1.29, 1.82) is 0 Å². The number of benzene rings is 1. The lowest BCUT2D eigenvalue weighted by Crippen LogP contribution is -2.31. The molecule has 0 bridgehead atoms. The molecule has 0 aliphatic heterocycles. The normalized spacial score (nSPS) is 18.3. The first-order valence-corrected chi connectivity index (χ1v) is 7.88. The Morgan fingerprint density at radius 1 is 1.33 bits per heavy atom. The Labute approximate surface area is 146 Å². The first kappa shape index (κ1) is 16.7. The highest BCUT2D eigenvalue weighted by Gasteiger charge is 2.52. The minimum absolute atomic E-state index is 0.0663. The highest BCUT2D eigenvalue weighted by molar-refractivity contribution is 6.50. The predicted octanol–water partition coefficient (Wildman–Crippen LogP) is 1.23. The molecule has 1 saturated carbocycles. The minimum Gasteiger partial charge on any atom is -0.464 e. The van der Waals surface area contributed by atoms with Crippen LogP contribution in [-0.2, 0) is 16.1 Å². The first-order chi connectivity index (χ1) is 11.3. The summed E-state index contributed by atoms with van der Waals surface area (Å²) in [6.07, 6.45) is 0.545. The Kier molecular flexibility index (Phi) is 4.23. The zero-order valence-electron chi connectivity index (χ0n) is 12.4. The fourth-order valence-electron chi connectivity index (χ4n) is 2.34. The minimum atomic E-state index is -0.850. The molecule has 0 spiro atoms. The molecule has 7 nitrogen and oxygen atoms in total. The van der Waals surface area contributed by atoms with Gasteiger partial charge in [-0.05, 0) is 12.5 Å². The number of nitrogens with two attached hydrogens (primary N) is 1. The van der Waals surface area contributed by atoms with Gasteiger partial charge in [0.1, 0.15) is 10.9 Å². The summed E-state index contributed by atoms with van der Waals surface area (Å²) >= 11 is 11.7. The Bertz CT molecular complexity index is 894. The van der Waals surface area contributed by atoms with E-state index in [4.69, 9.17) is 33.7 Å². The van der Waals surface area contributed by atoms with Gasteiger partial charge in [0, 0.05) is 11.3 Å². The van der Waals surface area contributed by atoms with Crippen molar-refractivity contribution in [3.8, 4) is 0 Å². The molecule has 1 aromatic heterocycles. The van der Waals surface area contributed by atoms with Gasteiger partial charge in [0.25, 0.3) is 11.5 Å². The number of amides is 1. The number of alkyl halides is 2. The van der Waals surface area contributed by atoms with Crippen LogP contribution in [0.15, 0.2) is 29.1 Å². The summed E-state index contributed by atoms with van der Waals surface area (Å²) in [4.78, 5) is 35.8. The van der Waals surface area contributed by atoms with Gasteiger partial charge < -0.3 is 10.5 Å². The van der Waals surface area contributed by atoms with Crippen LogP contribution in [0.1, 0.15) is 16.9 Å². The molecule has 24 heavy (non-hydrogen) atoms. The summed E-state index contributed by atoms with van der Waals surface area (Å²) in [5.41, 5.74) is 4.71. The topological polar surface area (TPSA) is 104 Å². The SMILES string of the molecule is NC(=O)c1nn(CC(=O)OCC2CC2(Cl)Cl)c(=O)c2ccccc12. The molecule has 0 saturated heterocycles. The van der Waals surface area contributed by atoms with E-state index in [-0.39, 0.29) is 23.6 Å². The Morgan fingerprint density at radius 2 is 1.96 bits per heavy atom. The number of rotatable bonds is 5. The predicted molar refractivity (Wildman–Crippen MR) is 88.0 cm³/mol. The second-order valence-electron chi connectivity index (χ2n) is 5.57. The van der Waals surface area contributed by atoms with Crippen LogP contribution in [0.3, 0.4) is 0 Å². The number of carbonyl (C=O) groups excluding carboxylic acids is 2. The Balaban J connectivity index is 1.84. The maximum Gasteiger partial charge on any atom is 0.327 e. The van der Waals surface area contributed by atoms with Crippen molar-refractivity contribution in [3.05, 3.63) is 40.3 Å². The summed E-state index contributed by atoms with van der Waals surface area (Å²) in [5, 5.41) is 4.47. The largest absolute Gasteiger partial charge is 0.464 e. The average molecular weight is 370 g/mol. The molecule has 1 fully saturated rings. The van der Waals surface area contributed by atoms with E-state index in [1.54, 1.807) is 18.2 Å². The van der Waals surface area contributed by atoms with E-state index < -0.39 is 28.3 Å². The summed E-state index contributed by atoms with van der Waals surface area (Å²) < 4.78 is 5.07. The molecule has 1 amide bonds. The van der Waals surface area contributed by atoms with Crippen LogP contribution >= 0.6 is 23.2 Å². The molecule has 1 atom stereocenters. The number of hydrogen-bond donors (Lipinski definition) is 1. The molecule has 1 unspecified atom stereocenters. The van der Waals surface area contributed by atoms with Crippen molar-refractivity contribution < 1.29 is 14.3 Å². The van der Waals surface area contributed by atoms with Crippen LogP contribution in [0.2, 0.25) is 0 Å². The number of ether oxygens (including phenoxy) is 1. The van der Waals surface area contributed by atoms with Crippen molar-refractivity contribution in [1.82, 2.24) is 9.78 Å². The summed E-state index contributed by atoms with van der Waals surface area (Å²) in [6, 6.07) is 6.41. The number of carbonyl (C=O) groups is 2. The molecule has 2 N–H and O–H groups in total. The van der Waals surface area contributed by atoms with Gasteiger partial charge >= 0.3 is 5.97 Å². The molecule has 0 radical (unpaired) electrons. The van der Waals surface area contributed by atoms with E-state index >= 15 is 0 Å². The lowest BCUT2D eigenvalue weighted by Gasteiger charge is -2.09. The summed E-state index contributed by atoms with van der Waals surface area (Å²) in [7, 11) is 0. The van der Waals surface area contributed by atoms with Crippen LogP contribution < -0.4 is 11.3 Å². The third kappa shape index (κ3) is 3.22. The number of nitrogens with zero attached hydrogens (tertiary/aromatic N) is 2. The van der Waals surface area contributed by atoms with E-state index in [9.17, 15) is 14.4 Å². The summed E-state index contributed by atoms with van der Waals surface area (Å²) in [6.45, 7) is -0.370. The molecule has 126 valence electrons. The van der Waals surface area contributed by atoms with Gasteiger partial charge in [-0.3, -0.25) is 14.4 Å². The molecular formula is C15H13Cl2N3O4. The van der Waals surface area contributed by atoms with Crippen LogP contribution in [0, 0.1) is 5.92 Å². The molecule has 1 aromatic carbocycles. The molecule has 9 heteroatoms. The lowest BCUT2D eigenvalue weighted by atomic mass is 10.1. The number of aromatic nitrogens is 2. The smallest absolute Gasteiger partial charge is 0.327 e. The number of esters is 1. The number of fused-ring (bicyclic) bond motifs is 1. The lowest BCUT2D eigenvalue weighted by molar-refractivity contribution is -0.145. The van der Waals surface area contributed by atoms with Gasteiger partial charge in [-0.1, -0.05) is 18.2 Å². The molecule has 2 aromatic rings. The van der Waals surface area contributed by atoms with E-state index in [1.807, 2.05) is 0 Å². The zero-order valence-corrected chi connectivity index (χ0v) is 13.9. The van der Waals surface area contributed by atoms with Gasteiger partial charge in [-0.2, -0.15) is 5.10 Å². The molecule has 1 heterocycles. The number of halogens is 2. The Hall–Kier alpha value is -2.12. The van der Waals surface area contributed by atoms with Crippen molar-refractivity contribution in [3.63, 3.8) is 0 Å². The van der Waals surface area contributed by atoms with E-state index in [0.717, 1.165) is 4.68 Å². The van der Waals surface area contributed by atoms with Crippen LogP contribution in [0.4, 0.5) is 0 Å². The van der Waals surface area contributed by atoms with Gasteiger partial charge in [0.15, 0.2) is 5.69 Å². The maximum absolute atomic E-state index is 12.4. The standard InChI is InChI=1S/C15H13Cl2N3O4/c16-15(17)5-8(15)7-24-11(21)6-20-14(23)10-4-2-1-3-9(10)12(19-20)13(18)22/h1-4,8H,5-7H2,(H2,18,22). The van der Waals surface area contributed by atoms with Crippen molar-refractivity contribution in [2.24, 2.45) is 11.7 Å². The summed E-state index contributed by atoms with van der Waals surface area (Å²) in [5.74, 6) is -1.58. The van der Waals surface area contributed by atoms with E-state index in [2.05, 4.69) is 5.10 Å². The quantitative estimate of drug-likeness (QED) is 0.630. The van der Waals surface area contributed by atoms with Crippen molar-refractivity contribution in [2.45, 2.75) is 17.3 Å². The van der Waals surface area contributed by atoms with Crippen LogP contribution in [0.25, 0.3) is 10.8 Å². The second kappa shape index (κ2) is 6.07. The van der Waals surface area contributed by atoms with Gasteiger partial charge in [-0.15, -0.1) is 23.2 Å². The second-order valence-corrected chi connectivity index (χ2v) is 7.11. The van der Waals surface area contributed by atoms with Crippen molar-refractivity contribution >= 4 is 45.9 Å². The number of hydrogen-bond acceptors (Lipinski definition) is 5. The third-order valence-electron chi connectivity index (χ3n) is 3.78. The van der Waals surface area contributed by atoms with Crippen LogP contribution in [-0.4, -0.2) is 32.6 Å². The molecule has 3 rings (SSSR count).